The molecule has 2 aromatic rings. The fourth-order valence-corrected chi connectivity index (χ4v) is 1.43. The quantitative estimate of drug-likeness (QED) is 0.814. The zero-order chi connectivity index (χ0) is 12.0. The molecule has 0 amide bonds. The molecular weight excluding hydrogens is 228 g/mol. The van der Waals surface area contributed by atoms with Crippen LogP contribution in [0.25, 0.3) is 0 Å². The van der Waals surface area contributed by atoms with Crippen LogP contribution in [0.1, 0.15) is 5.76 Å². The van der Waals surface area contributed by atoms with Crippen molar-refractivity contribution < 1.29 is 12.9 Å². The molecule has 0 aliphatic heterocycles. The van der Waals surface area contributed by atoms with E-state index < -0.39 is 10.0 Å². The van der Waals surface area contributed by atoms with Crippen LogP contribution in [0.15, 0.2) is 52.0 Å². The highest BCUT2D eigenvalue weighted by Gasteiger charge is 2.03. The third-order valence-electron chi connectivity index (χ3n) is 1.64. The van der Waals surface area contributed by atoms with E-state index in [1.807, 2.05) is 6.92 Å². The van der Waals surface area contributed by atoms with Crippen LogP contribution in [0.2, 0.25) is 0 Å². The predicted molar refractivity (Wildman–Crippen MR) is 59.1 cm³/mol. The minimum absolute atomic E-state index is 0.148. The van der Waals surface area contributed by atoms with Crippen molar-refractivity contribution in [3.63, 3.8) is 0 Å². The van der Waals surface area contributed by atoms with Crippen molar-refractivity contribution in [3.05, 3.63) is 48.4 Å². The second-order valence-corrected chi connectivity index (χ2v) is 4.54. The lowest BCUT2D eigenvalue weighted by atomic mass is 10.4. The van der Waals surface area contributed by atoms with E-state index in [4.69, 9.17) is 5.14 Å². The summed E-state index contributed by atoms with van der Waals surface area (Å²) in [5.41, 5.74) is 0. The highest BCUT2D eigenvalue weighted by Crippen LogP contribution is 2.03. The molecule has 0 fully saturated rings. The summed E-state index contributed by atoms with van der Waals surface area (Å²) < 4.78 is 25.8. The standard InChI is InChI=1S/C6H7NO2S.C4H5NO/c7-10(8,9)6-4-2-1-3-5-6;1-4-2-3-5-6-4/h1-5H,(H2,7,8,9);2-3H,1H3. The van der Waals surface area contributed by atoms with Crippen molar-refractivity contribution in [1.82, 2.24) is 5.16 Å². The summed E-state index contributed by atoms with van der Waals surface area (Å²) in [5, 5.41) is 8.28. The molecule has 86 valence electrons. The maximum Gasteiger partial charge on any atom is 0.238 e. The van der Waals surface area contributed by atoms with Gasteiger partial charge in [-0.15, -0.1) is 0 Å². The van der Waals surface area contributed by atoms with Gasteiger partial charge in [-0.05, 0) is 19.1 Å². The van der Waals surface area contributed by atoms with Gasteiger partial charge in [0, 0.05) is 6.07 Å². The van der Waals surface area contributed by atoms with Gasteiger partial charge in [0.15, 0.2) is 0 Å². The Balaban J connectivity index is 0.000000181. The largest absolute Gasteiger partial charge is 0.362 e. The molecule has 0 saturated heterocycles. The summed E-state index contributed by atoms with van der Waals surface area (Å²) in [7, 11) is -3.50. The SMILES string of the molecule is Cc1ccno1.NS(=O)(=O)c1ccccc1. The summed E-state index contributed by atoms with van der Waals surface area (Å²) >= 11 is 0. The molecule has 2 N–H and O–H groups in total. The first-order chi connectivity index (χ1) is 7.50. The molecule has 0 aliphatic carbocycles. The van der Waals surface area contributed by atoms with Crippen molar-refractivity contribution in [2.45, 2.75) is 11.8 Å². The number of hydrogen-bond acceptors (Lipinski definition) is 4. The topological polar surface area (TPSA) is 86.2 Å². The summed E-state index contributed by atoms with van der Waals surface area (Å²) in [4.78, 5) is 0.148. The van der Waals surface area contributed by atoms with Crippen molar-refractivity contribution in [3.8, 4) is 0 Å². The van der Waals surface area contributed by atoms with E-state index in [-0.39, 0.29) is 4.90 Å². The van der Waals surface area contributed by atoms with Crippen LogP contribution in [0.4, 0.5) is 0 Å². The Hall–Kier alpha value is -1.66. The fraction of sp³-hybridized carbons (Fsp3) is 0.100. The average Bonchev–Trinajstić information content (AvgIpc) is 2.70. The molecule has 1 aromatic carbocycles. The Kier molecular flexibility index (Phi) is 4.21. The van der Waals surface area contributed by atoms with Crippen LogP contribution in [-0.2, 0) is 10.0 Å². The maximum atomic E-state index is 10.6. The lowest BCUT2D eigenvalue weighted by Gasteiger charge is -1.93. The Bertz CT molecular complexity index is 506. The van der Waals surface area contributed by atoms with E-state index in [9.17, 15) is 8.42 Å². The molecule has 1 aromatic heterocycles. The lowest BCUT2D eigenvalue weighted by Crippen LogP contribution is -2.11. The first-order valence-electron chi connectivity index (χ1n) is 4.45. The van der Waals surface area contributed by atoms with Crippen molar-refractivity contribution >= 4 is 10.0 Å². The van der Waals surface area contributed by atoms with Gasteiger partial charge >= 0.3 is 0 Å². The highest BCUT2D eigenvalue weighted by atomic mass is 32.2. The minimum Gasteiger partial charge on any atom is -0.362 e. The fourth-order valence-electron chi connectivity index (χ4n) is 0.890. The van der Waals surface area contributed by atoms with E-state index in [0.29, 0.717) is 0 Å². The Morgan fingerprint density at radius 3 is 2.06 bits per heavy atom. The molecule has 0 atom stereocenters. The van der Waals surface area contributed by atoms with Crippen molar-refractivity contribution in [2.75, 3.05) is 0 Å². The minimum atomic E-state index is -3.50. The highest BCUT2D eigenvalue weighted by molar-refractivity contribution is 7.89. The first-order valence-corrected chi connectivity index (χ1v) is 6.00. The number of nitrogens with two attached hydrogens (primary N) is 1. The molecule has 16 heavy (non-hydrogen) atoms. The van der Waals surface area contributed by atoms with Crippen LogP contribution in [0.3, 0.4) is 0 Å². The van der Waals surface area contributed by atoms with Gasteiger partial charge in [0.1, 0.15) is 5.76 Å². The van der Waals surface area contributed by atoms with Gasteiger partial charge in [-0.1, -0.05) is 23.4 Å². The molecule has 0 spiro atoms. The zero-order valence-electron chi connectivity index (χ0n) is 8.70. The second kappa shape index (κ2) is 5.43. The molecular formula is C10H12N2O3S. The van der Waals surface area contributed by atoms with Crippen molar-refractivity contribution in [2.24, 2.45) is 5.14 Å². The maximum absolute atomic E-state index is 10.6. The Morgan fingerprint density at radius 2 is 1.81 bits per heavy atom. The molecule has 6 heteroatoms. The van der Waals surface area contributed by atoms with Crippen LogP contribution in [0.5, 0.6) is 0 Å². The zero-order valence-corrected chi connectivity index (χ0v) is 9.52. The molecule has 1 heterocycles. The Morgan fingerprint density at radius 1 is 1.19 bits per heavy atom. The van der Waals surface area contributed by atoms with Gasteiger partial charge in [0.2, 0.25) is 10.0 Å². The third-order valence-corrected chi connectivity index (χ3v) is 2.57. The number of benzene rings is 1. The average molecular weight is 240 g/mol. The van der Waals surface area contributed by atoms with E-state index in [0.717, 1.165) is 5.76 Å². The molecule has 0 aliphatic rings. The second-order valence-electron chi connectivity index (χ2n) is 2.98. The van der Waals surface area contributed by atoms with E-state index >= 15 is 0 Å². The van der Waals surface area contributed by atoms with Gasteiger partial charge in [-0.3, -0.25) is 0 Å². The summed E-state index contributed by atoms with van der Waals surface area (Å²) in [6, 6.07) is 9.69. The first kappa shape index (κ1) is 12.4. The number of aromatic nitrogens is 1. The molecule has 5 nitrogen and oxygen atoms in total. The lowest BCUT2D eigenvalue weighted by molar-refractivity contribution is 0.397. The van der Waals surface area contributed by atoms with E-state index in [2.05, 4.69) is 9.68 Å². The number of rotatable bonds is 1. The van der Waals surface area contributed by atoms with Crippen LogP contribution in [-0.4, -0.2) is 13.6 Å². The number of hydrogen-bond donors (Lipinski definition) is 1. The third kappa shape index (κ3) is 4.24. The summed E-state index contributed by atoms with van der Waals surface area (Å²) in [6.07, 6.45) is 1.62. The van der Waals surface area contributed by atoms with Crippen molar-refractivity contribution in [1.29, 1.82) is 0 Å². The number of aryl methyl sites for hydroxylation is 1. The van der Waals surface area contributed by atoms with Crippen LogP contribution < -0.4 is 5.14 Å². The van der Waals surface area contributed by atoms with Crippen LogP contribution >= 0.6 is 0 Å². The van der Waals surface area contributed by atoms with Gasteiger partial charge in [0.25, 0.3) is 0 Å². The Labute approximate surface area is 93.9 Å². The molecule has 0 radical (unpaired) electrons. The number of nitrogens with zero attached hydrogens (tertiary/aromatic N) is 1. The predicted octanol–water partition coefficient (Wildman–Crippen LogP) is 1.32. The normalized spacial score (nSPS) is 10.4. The summed E-state index contributed by atoms with van der Waals surface area (Å²) in [6.45, 7) is 1.85. The van der Waals surface area contributed by atoms with E-state index in [1.54, 1.807) is 30.5 Å². The number of primary sulfonamides is 1. The van der Waals surface area contributed by atoms with Gasteiger partial charge in [0.05, 0.1) is 11.1 Å². The van der Waals surface area contributed by atoms with Crippen LogP contribution in [0, 0.1) is 6.92 Å². The molecule has 0 unspecified atom stereocenters. The van der Waals surface area contributed by atoms with Gasteiger partial charge in [-0.25, -0.2) is 13.6 Å². The van der Waals surface area contributed by atoms with E-state index in [1.165, 1.54) is 12.1 Å². The molecule has 0 saturated carbocycles. The smallest absolute Gasteiger partial charge is 0.238 e. The van der Waals surface area contributed by atoms with Gasteiger partial charge in [-0.2, -0.15) is 0 Å². The monoisotopic (exact) mass is 240 g/mol. The van der Waals surface area contributed by atoms with Gasteiger partial charge < -0.3 is 4.52 Å². The molecule has 2 rings (SSSR count). The summed E-state index contributed by atoms with van der Waals surface area (Å²) in [5.74, 6) is 0.856. The number of sulfonamides is 1. The molecule has 0 bridgehead atoms.